The molecule has 2 aromatic carbocycles. The average molecular weight is 400 g/mol. The zero-order valence-electron chi connectivity index (χ0n) is 16.3. The number of rotatable bonds is 5. The second-order valence-corrected chi connectivity index (χ2v) is 9.13. The lowest BCUT2D eigenvalue weighted by atomic mass is 10.2. The van der Waals surface area contributed by atoms with Crippen LogP contribution in [0.25, 0.3) is 11.1 Å². The lowest BCUT2D eigenvalue weighted by Crippen LogP contribution is -2.48. The van der Waals surface area contributed by atoms with E-state index in [0.717, 1.165) is 22.2 Å². The zero-order valence-corrected chi connectivity index (χ0v) is 17.1. The van der Waals surface area contributed by atoms with Gasteiger partial charge in [-0.05, 0) is 42.7 Å². The summed E-state index contributed by atoms with van der Waals surface area (Å²) in [6, 6.07) is 13.2. The van der Waals surface area contributed by atoms with Crippen LogP contribution in [-0.4, -0.2) is 48.8 Å². The Kier molecular flexibility index (Phi) is 5.23. The van der Waals surface area contributed by atoms with Gasteiger partial charge in [0.2, 0.25) is 15.9 Å². The van der Waals surface area contributed by atoms with E-state index in [-0.39, 0.29) is 0 Å². The van der Waals surface area contributed by atoms with Crippen LogP contribution in [0.15, 0.2) is 51.8 Å². The lowest BCUT2D eigenvalue weighted by Gasteiger charge is -2.33. The highest BCUT2D eigenvalue weighted by molar-refractivity contribution is 7.89. The van der Waals surface area contributed by atoms with Crippen molar-refractivity contribution in [1.29, 1.82) is 0 Å². The van der Waals surface area contributed by atoms with Crippen LogP contribution in [0.3, 0.4) is 0 Å². The van der Waals surface area contributed by atoms with Crippen molar-refractivity contribution in [2.24, 2.45) is 0 Å². The molecule has 0 bridgehead atoms. The molecule has 0 aliphatic carbocycles. The van der Waals surface area contributed by atoms with Gasteiger partial charge in [0.1, 0.15) is 5.52 Å². The predicted octanol–water partition coefficient (Wildman–Crippen LogP) is 3.21. The minimum absolute atomic E-state index is 0.431. The van der Waals surface area contributed by atoms with E-state index in [9.17, 15) is 8.42 Å². The number of aryl methyl sites for hydroxylation is 2. The van der Waals surface area contributed by atoms with E-state index in [0.29, 0.717) is 49.9 Å². The fourth-order valence-corrected chi connectivity index (χ4v) is 5.37. The van der Waals surface area contributed by atoms with Crippen LogP contribution in [0.1, 0.15) is 23.9 Å². The number of aromatic nitrogens is 1. The molecule has 2 heterocycles. The van der Waals surface area contributed by atoms with Gasteiger partial charge in [0.05, 0.1) is 11.4 Å². The number of hydrogen-bond donors (Lipinski definition) is 0. The van der Waals surface area contributed by atoms with Crippen LogP contribution >= 0.6 is 0 Å². The normalized spacial score (nSPS) is 16.6. The number of piperazine rings is 1. The maximum absolute atomic E-state index is 13.1. The standard InChI is InChI=1S/C21H25N3O3S/c1-3-17-6-4-5-7-20(17)28(25,26)24-12-10-23(11-13-24)15-21-22-18-9-8-16(2)14-19(18)27-21/h4-9,14H,3,10-13,15H2,1-2H3. The van der Waals surface area contributed by atoms with Crippen molar-refractivity contribution in [2.45, 2.75) is 31.7 Å². The Morgan fingerprint density at radius 3 is 2.57 bits per heavy atom. The van der Waals surface area contributed by atoms with Crippen LogP contribution in [0.5, 0.6) is 0 Å². The minimum Gasteiger partial charge on any atom is -0.439 e. The van der Waals surface area contributed by atoms with Gasteiger partial charge < -0.3 is 4.42 Å². The smallest absolute Gasteiger partial charge is 0.243 e. The van der Waals surface area contributed by atoms with Gasteiger partial charge >= 0.3 is 0 Å². The third kappa shape index (κ3) is 3.70. The molecule has 3 aromatic rings. The van der Waals surface area contributed by atoms with Gasteiger partial charge in [-0.1, -0.05) is 31.2 Å². The molecule has 1 aromatic heterocycles. The van der Waals surface area contributed by atoms with Gasteiger partial charge in [0.25, 0.3) is 0 Å². The summed E-state index contributed by atoms with van der Waals surface area (Å²) in [5.41, 5.74) is 3.67. The molecule has 0 spiro atoms. The van der Waals surface area contributed by atoms with Gasteiger partial charge in [-0.2, -0.15) is 4.31 Å². The largest absolute Gasteiger partial charge is 0.439 e. The van der Waals surface area contributed by atoms with Crippen molar-refractivity contribution in [3.63, 3.8) is 0 Å². The van der Waals surface area contributed by atoms with E-state index in [1.807, 2.05) is 44.2 Å². The number of sulfonamides is 1. The maximum Gasteiger partial charge on any atom is 0.243 e. The van der Waals surface area contributed by atoms with Gasteiger partial charge in [0.15, 0.2) is 5.58 Å². The van der Waals surface area contributed by atoms with Crippen molar-refractivity contribution in [3.8, 4) is 0 Å². The highest BCUT2D eigenvalue weighted by Gasteiger charge is 2.30. The molecule has 0 N–H and O–H groups in total. The summed E-state index contributed by atoms with van der Waals surface area (Å²) >= 11 is 0. The van der Waals surface area contributed by atoms with Gasteiger partial charge in [-0.25, -0.2) is 13.4 Å². The predicted molar refractivity (Wildman–Crippen MR) is 109 cm³/mol. The molecule has 1 fully saturated rings. The quantitative estimate of drug-likeness (QED) is 0.659. The molecule has 1 aliphatic heterocycles. The third-order valence-electron chi connectivity index (χ3n) is 5.25. The van der Waals surface area contributed by atoms with E-state index < -0.39 is 10.0 Å². The summed E-state index contributed by atoms with van der Waals surface area (Å²) in [5, 5.41) is 0. The zero-order chi connectivity index (χ0) is 19.7. The maximum atomic E-state index is 13.1. The third-order valence-corrected chi connectivity index (χ3v) is 7.25. The SMILES string of the molecule is CCc1ccccc1S(=O)(=O)N1CCN(Cc2nc3ccc(C)cc3o2)CC1. The molecule has 0 amide bonds. The van der Waals surface area contributed by atoms with Crippen molar-refractivity contribution in [3.05, 3.63) is 59.5 Å². The number of benzene rings is 2. The highest BCUT2D eigenvalue weighted by Crippen LogP contribution is 2.23. The summed E-state index contributed by atoms with van der Waals surface area (Å²) in [6.07, 6.45) is 0.701. The molecule has 148 valence electrons. The van der Waals surface area contributed by atoms with E-state index in [4.69, 9.17) is 4.42 Å². The van der Waals surface area contributed by atoms with E-state index >= 15 is 0 Å². The minimum atomic E-state index is -3.46. The molecular formula is C21H25N3O3S. The van der Waals surface area contributed by atoms with Crippen LogP contribution in [0, 0.1) is 6.92 Å². The van der Waals surface area contributed by atoms with E-state index in [1.54, 1.807) is 16.4 Å². The average Bonchev–Trinajstić information content (AvgIpc) is 3.09. The number of oxazole rings is 1. The molecule has 0 atom stereocenters. The summed E-state index contributed by atoms with van der Waals surface area (Å²) in [7, 11) is -3.46. The molecule has 28 heavy (non-hydrogen) atoms. The summed E-state index contributed by atoms with van der Waals surface area (Å²) in [4.78, 5) is 7.17. The first-order valence-electron chi connectivity index (χ1n) is 9.64. The first-order chi connectivity index (χ1) is 13.5. The first-order valence-corrected chi connectivity index (χ1v) is 11.1. The molecule has 0 radical (unpaired) electrons. The number of fused-ring (bicyclic) bond motifs is 1. The monoisotopic (exact) mass is 399 g/mol. The molecule has 6 nitrogen and oxygen atoms in total. The second kappa shape index (κ2) is 7.66. The Hall–Kier alpha value is -2.22. The Balaban J connectivity index is 1.43. The molecule has 0 unspecified atom stereocenters. The van der Waals surface area contributed by atoms with Crippen LogP contribution in [0.2, 0.25) is 0 Å². The van der Waals surface area contributed by atoms with Gasteiger partial charge in [-0.15, -0.1) is 0 Å². The molecule has 1 saturated heterocycles. The highest BCUT2D eigenvalue weighted by atomic mass is 32.2. The number of hydrogen-bond acceptors (Lipinski definition) is 5. The Bertz CT molecular complexity index is 1080. The number of nitrogens with zero attached hydrogens (tertiary/aromatic N) is 3. The fourth-order valence-electron chi connectivity index (χ4n) is 3.65. The Morgan fingerprint density at radius 1 is 1.07 bits per heavy atom. The van der Waals surface area contributed by atoms with Crippen LogP contribution < -0.4 is 0 Å². The van der Waals surface area contributed by atoms with Crippen molar-refractivity contribution >= 4 is 21.1 Å². The van der Waals surface area contributed by atoms with E-state index in [1.165, 1.54) is 0 Å². The molecule has 1 aliphatic rings. The van der Waals surface area contributed by atoms with E-state index in [2.05, 4.69) is 9.88 Å². The van der Waals surface area contributed by atoms with Crippen LogP contribution in [0.4, 0.5) is 0 Å². The van der Waals surface area contributed by atoms with Crippen molar-refractivity contribution in [2.75, 3.05) is 26.2 Å². The van der Waals surface area contributed by atoms with Crippen molar-refractivity contribution < 1.29 is 12.8 Å². The lowest BCUT2D eigenvalue weighted by molar-refractivity contribution is 0.169. The first kappa shape index (κ1) is 19.1. The van der Waals surface area contributed by atoms with Crippen LogP contribution in [-0.2, 0) is 23.0 Å². The molecule has 0 saturated carbocycles. The molecular weight excluding hydrogens is 374 g/mol. The summed E-state index contributed by atoms with van der Waals surface area (Å²) < 4.78 is 33.6. The second-order valence-electron chi connectivity index (χ2n) is 7.22. The fraction of sp³-hybridized carbons (Fsp3) is 0.381. The molecule has 4 rings (SSSR count). The summed E-state index contributed by atoms with van der Waals surface area (Å²) in [5.74, 6) is 0.674. The Labute approximate surface area is 165 Å². The Morgan fingerprint density at radius 2 is 1.82 bits per heavy atom. The topological polar surface area (TPSA) is 66.7 Å². The molecule has 7 heteroatoms. The van der Waals surface area contributed by atoms with Gasteiger partial charge in [0, 0.05) is 26.2 Å². The van der Waals surface area contributed by atoms with Gasteiger partial charge in [-0.3, -0.25) is 4.90 Å². The summed E-state index contributed by atoms with van der Waals surface area (Å²) in [6.45, 7) is 6.86. The van der Waals surface area contributed by atoms with Crippen molar-refractivity contribution in [1.82, 2.24) is 14.2 Å².